The maximum atomic E-state index is 13.0. The molecule has 7 heteroatoms. The van der Waals surface area contributed by atoms with Crippen LogP contribution >= 0.6 is 0 Å². The highest BCUT2D eigenvalue weighted by Crippen LogP contribution is 2.33. The van der Waals surface area contributed by atoms with E-state index in [1.54, 1.807) is 19.1 Å². The van der Waals surface area contributed by atoms with Crippen LogP contribution in [-0.2, 0) is 26.9 Å². The molecule has 0 radical (unpaired) electrons. The number of esters is 1. The highest BCUT2D eigenvalue weighted by molar-refractivity contribution is 5.98. The summed E-state index contributed by atoms with van der Waals surface area (Å²) >= 11 is 0. The zero-order chi connectivity index (χ0) is 23.1. The topological polar surface area (TPSA) is 46.6 Å². The average Bonchev–Trinajstić information content (AvgIpc) is 2.78. The summed E-state index contributed by atoms with van der Waals surface area (Å²) in [6.45, 7) is 1.55. The van der Waals surface area contributed by atoms with Gasteiger partial charge < -0.3 is 9.64 Å². The van der Waals surface area contributed by atoms with Crippen LogP contribution in [0.15, 0.2) is 48.5 Å². The molecular formula is C25H28F3NO3. The van der Waals surface area contributed by atoms with Crippen molar-refractivity contribution >= 4 is 17.6 Å². The van der Waals surface area contributed by atoms with E-state index >= 15 is 0 Å². The summed E-state index contributed by atoms with van der Waals surface area (Å²) in [6, 6.07) is 12.2. The van der Waals surface area contributed by atoms with Gasteiger partial charge in [-0.25, -0.2) is 0 Å². The lowest BCUT2D eigenvalue weighted by atomic mass is 9.84. The molecule has 0 spiro atoms. The largest absolute Gasteiger partial charge is 0.465 e. The number of benzene rings is 2. The maximum absolute atomic E-state index is 13.0. The molecule has 32 heavy (non-hydrogen) atoms. The summed E-state index contributed by atoms with van der Waals surface area (Å²) < 4.78 is 44.1. The van der Waals surface area contributed by atoms with Crippen molar-refractivity contribution in [3.8, 4) is 0 Å². The van der Waals surface area contributed by atoms with Gasteiger partial charge in [-0.05, 0) is 55.0 Å². The standard InChI is InChI=1S/C25H28F3NO3/c1-2-32-24(31)17-29(22-13-11-20(12-14-22)19-8-4-3-5-9-19)23(30)16-18-7-6-10-21(15-18)25(26,27)28/h6-7,10-15,19H,2-5,8-9,16-17H2,1H3. The molecule has 172 valence electrons. The van der Waals surface area contributed by atoms with Crippen LogP contribution < -0.4 is 4.90 Å². The molecule has 1 saturated carbocycles. The van der Waals surface area contributed by atoms with E-state index in [1.807, 2.05) is 12.1 Å². The van der Waals surface area contributed by atoms with Crippen LogP contribution in [0.3, 0.4) is 0 Å². The lowest BCUT2D eigenvalue weighted by molar-refractivity contribution is -0.142. The third-order valence-electron chi connectivity index (χ3n) is 5.78. The van der Waals surface area contributed by atoms with Gasteiger partial charge in [0.25, 0.3) is 0 Å². The Bertz CT molecular complexity index is 919. The summed E-state index contributed by atoms with van der Waals surface area (Å²) in [5.74, 6) is -0.541. The molecule has 0 N–H and O–H groups in total. The minimum absolute atomic E-state index is 0.176. The number of ether oxygens (including phenoxy) is 1. The van der Waals surface area contributed by atoms with Gasteiger partial charge >= 0.3 is 12.1 Å². The molecule has 0 saturated heterocycles. The molecule has 2 aromatic carbocycles. The molecule has 3 rings (SSSR count). The quantitative estimate of drug-likeness (QED) is 0.497. The number of carbonyl (C=O) groups is 2. The van der Waals surface area contributed by atoms with E-state index in [9.17, 15) is 22.8 Å². The van der Waals surface area contributed by atoms with Crippen molar-refractivity contribution in [1.82, 2.24) is 0 Å². The lowest BCUT2D eigenvalue weighted by Gasteiger charge is -2.25. The number of anilines is 1. The predicted molar refractivity (Wildman–Crippen MR) is 116 cm³/mol. The normalized spacial score (nSPS) is 14.8. The Hall–Kier alpha value is -2.83. The van der Waals surface area contributed by atoms with E-state index < -0.39 is 23.6 Å². The van der Waals surface area contributed by atoms with Gasteiger partial charge in [-0.2, -0.15) is 13.2 Å². The molecular weight excluding hydrogens is 419 g/mol. The number of amides is 1. The van der Waals surface area contributed by atoms with Crippen LogP contribution in [0.1, 0.15) is 61.6 Å². The van der Waals surface area contributed by atoms with Gasteiger partial charge in [-0.15, -0.1) is 0 Å². The van der Waals surface area contributed by atoms with Crippen molar-refractivity contribution in [2.45, 2.75) is 57.5 Å². The van der Waals surface area contributed by atoms with Crippen LogP contribution in [0.4, 0.5) is 18.9 Å². The van der Waals surface area contributed by atoms with Crippen molar-refractivity contribution in [2.75, 3.05) is 18.1 Å². The molecule has 1 aliphatic rings. The van der Waals surface area contributed by atoms with Gasteiger partial charge in [0, 0.05) is 5.69 Å². The minimum atomic E-state index is -4.49. The molecule has 1 amide bonds. The van der Waals surface area contributed by atoms with Crippen molar-refractivity contribution in [3.63, 3.8) is 0 Å². The predicted octanol–water partition coefficient (Wildman–Crippen LogP) is 5.89. The van der Waals surface area contributed by atoms with E-state index in [0.717, 1.165) is 25.0 Å². The molecule has 0 atom stereocenters. The van der Waals surface area contributed by atoms with E-state index in [0.29, 0.717) is 11.6 Å². The van der Waals surface area contributed by atoms with Crippen LogP contribution in [0.5, 0.6) is 0 Å². The molecule has 1 fully saturated rings. The number of hydrogen-bond acceptors (Lipinski definition) is 3. The molecule has 0 aliphatic heterocycles. The van der Waals surface area contributed by atoms with E-state index in [-0.39, 0.29) is 25.1 Å². The second-order valence-corrected chi connectivity index (χ2v) is 8.09. The number of hydrogen-bond donors (Lipinski definition) is 0. The molecule has 0 bridgehead atoms. The van der Waals surface area contributed by atoms with Gasteiger partial charge in [0.15, 0.2) is 0 Å². The highest BCUT2D eigenvalue weighted by atomic mass is 19.4. The van der Waals surface area contributed by atoms with Crippen molar-refractivity contribution in [2.24, 2.45) is 0 Å². The van der Waals surface area contributed by atoms with Crippen molar-refractivity contribution < 1.29 is 27.5 Å². The number of rotatable bonds is 7. The average molecular weight is 447 g/mol. The highest BCUT2D eigenvalue weighted by Gasteiger charge is 2.31. The Balaban J connectivity index is 1.80. The number of carbonyl (C=O) groups excluding carboxylic acids is 2. The van der Waals surface area contributed by atoms with Gasteiger partial charge in [0.2, 0.25) is 5.91 Å². The second kappa shape index (κ2) is 10.7. The van der Waals surface area contributed by atoms with E-state index in [4.69, 9.17) is 4.74 Å². The summed E-state index contributed by atoms with van der Waals surface area (Å²) in [5, 5.41) is 0. The van der Waals surface area contributed by atoms with Crippen molar-refractivity contribution in [3.05, 3.63) is 65.2 Å². The van der Waals surface area contributed by atoms with Gasteiger partial charge in [0.1, 0.15) is 6.54 Å². The Kier molecular flexibility index (Phi) is 7.94. The SMILES string of the molecule is CCOC(=O)CN(C(=O)Cc1cccc(C(F)(F)F)c1)c1ccc(C2CCCCC2)cc1. The Labute approximate surface area is 186 Å². The van der Waals surface area contributed by atoms with Crippen molar-refractivity contribution in [1.29, 1.82) is 0 Å². The number of alkyl halides is 3. The third kappa shape index (κ3) is 6.34. The first-order valence-corrected chi connectivity index (χ1v) is 11.0. The Morgan fingerprint density at radius 3 is 2.34 bits per heavy atom. The molecule has 1 aliphatic carbocycles. The first-order chi connectivity index (χ1) is 15.3. The van der Waals surface area contributed by atoms with Gasteiger partial charge in [0.05, 0.1) is 18.6 Å². The fourth-order valence-electron chi connectivity index (χ4n) is 4.15. The minimum Gasteiger partial charge on any atom is -0.465 e. The van der Waals surface area contributed by atoms with E-state index in [2.05, 4.69) is 0 Å². The Morgan fingerprint density at radius 1 is 1.03 bits per heavy atom. The molecule has 4 nitrogen and oxygen atoms in total. The number of halogens is 3. The summed E-state index contributed by atoms with van der Waals surface area (Å²) in [6.07, 6.45) is 1.20. The van der Waals surface area contributed by atoms with Crippen LogP contribution in [0.2, 0.25) is 0 Å². The van der Waals surface area contributed by atoms with E-state index in [1.165, 1.54) is 41.9 Å². The fourth-order valence-corrected chi connectivity index (χ4v) is 4.15. The summed E-state index contributed by atoms with van der Waals surface area (Å²) in [5.41, 5.74) is 1.15. The smallest absolute Gasteiger partial charge is 0.416 e. The monoisotopic (exact) mass is 447 g/mol. The molecule has 2 aromatic rings. The zero-order valence-electron chi connectivity index (χ0n) is 18.2. The molecule has 0 heterocycles. The van der Waals surface area contributed by atoms with Crippen LogP contribution in [0, 0.1) is 0 Å². The molecule has 0 unspecified atom stereocenters. The van der Waals surface area contributed by atoms with Gasteiger partial charge in [-0.3, -0.25) is 9.59 Å². The summed E-state index contributed by atoms with van der Waals surface area (Å²) in [7, 11) is 0. The van der Waals surface area contributed by atoms with Crippen LogP contribution in [-0.4, -0.2) is 25.0 Å². The Morgan fingerprint density at radius 2 is 1.72 bits per heavy atom. The first kappa shape index (κ1) is 23.8. The van der Waals surface area contributed by atoms with Gasteiger partial charge in [-0.1, -0.05) is 49.6 Å². The number of nitrogens with zero attached hydrogens (tertiary/aromatic N) is 1. The second-order valence-electron chi connectivity index (χ2n) is 8.09. The fraction of sp³-hybridized carbons (Fsp3) is 0.440. The first-order valence-electron chi connectivity index (χ1n) is 11.0. The zero-order valence-corrected chi connectivity index (χ0v) is 18.2. The third-order valence-corrected chi connectivity index (χ3v) is 5.78. The van der Waals surface area contributed by atoms with Crippen LogP contribution in [0.25, 0.3) is 0 Å². The lowest BCUT2D eigenvalue weighted by Crippen LogP contribution is -2.37. The molecule has 0 aromatic heterocycles. The summed E-state index contributed by atoms with van der Waals surface area (Å²) in [4.78, 5) is 26.4. The maximum Gasteiger partial charge on any atom is 0.416 e.